The number of allylic oxidation sites excluding steroid dienone is 26. The van der Waals surface area contributed by atoms with Crippen LogP contribution in [0.5, 0.6) is 0 Å². The molecule has 0 heterocycles. The van der Waals surface area contributed by atoms with Crippen LogP contribution in [0.25, 0.3) is 0 Å². The summed E-state index contributed by atoms with van der Waals surface area (Å²) in [5.41, 5.74) is 0. The minimum atomic E-state index is -0.813. The fourth-order valence-corrected chi connectivity index (χ4v) is 8.67. The second-order valence-electron chi connectivity index (χ2n) is 21.3. The summed E-state index contributed by atoms with van der Waals surface area (Å²) in [6.45, 7) is 6.36. The lowest BCUT2D eigenvalue weighted by Crippen LogP contribution is -2.30. The molecule has 6 heteroatoms. The molecule has 0 saturated carbocycles. The van der Waals surface area contributed by atoms with Crippen molar-refractivity contribution in [1.82, 2.24) is 0 Å². The first-order valence-electron chi connectivity index (χ1n) is 33.0. The molecule has 0 radical (unpaired) electrons. The van der Waals surface area contributed by atoms with Crippen LogP contribution in [0.4, 0.5) is 0 Å². The Labute approximate surface area is 499 Å². The Morgan fingerprint density at radius 3 is 0.802 bits per heavy atom. The van der Waals surface area contributed by atoms with Gasteiger partial charge in [-0.3, -0.25) is 14.4 Å². The van der Waals surface area contributed by atoms with Crippen LogP contribution in [0.2, 0.25) is 0 Å². The predicted molar refractivity (Wildman–Crippen MR) is 352 cm³/mol. The minimum Gasteiger partial charge on any atom is -0.462 e. The zero-order valence-electron chi connectivity index (χ0n) is 52.2. The third-order valence-electron chi connectivity index (χ3n) is 13.5. The molecule has 0 rings (SSSR count). The molecule has 0 N–H and O–H groups in total. The van der Waals surface area contributed by atoms with Crippen LogP contribution in [0.3, 0.4) is 0 Å². The molecule has 0 aliphatic carbocycles. The van der Waals surface area contributed by atoms with Gasteiger partial charge in [0.15, 0.2) is 6.10 Å². The number of hydrogen-bond donors (Lipinski definition) is 0. The van der Waals surface area contributed by atoms with Crippen molar-refractivity contribution in [3.05, 3.63) is 158 Å². The average molecular weight is 1120 g/mol. The van der Waals surface area contributed by atoms with E-state index in [1.165, 1.54) is 96.3 Å². The zero-order valence-corrected chi connectivity index (χ0v) is 52.2. The van der Waals surface area contributed by atoms with E-state index < -0.39 is 6.10 Å². The van der Waals surface area contributed by atoms with Crippen molar-refractivity contribution in [1.29, 1.82) is 0 Å². The van der Waals surface area contributed by atoms with Crippen molar-refractivity contribution < 1.29 is 28.6 Å². The molecule has 0 aliphatic rings. The molecule has 0 aliphatic heterocycles. The normalized spacial score (nSPS) is 13.2. The SMILES string of the molecule is CC/C=C\C/C=C\C/C=C\C/C=C\C/C=C\C/C=C\C/C=C\C/C=C\C/C=C\CCCC(=O)OCC(COC(=O)CCCCCCCCCCCCCCC)OC(=O)CCCCCCCCCC/C=C\C/C=C\C/C=C\C/C=C\CC. The summed E-state index contributed by atoms with van der Waals surface area (Å²) >= 11 is 0. The van der Waals surface area contributed by atoms with Crippen molar-refractivity contribution in [2.24, 2.45) is 0 Å². The summed E-state index contributed by atoms with van der Waals surface area (Å²) in [4.78, 5) is 38.3. The average Bonchev–Trinajstić information content (AvgIpc) is 3.46. The lowest BCUT2D eigenvalue weighted by atomic mass is 10.0. The first kappa shape index (κ1) is 76.0. The van der Waals surface area contributed by atoms with Crippen molar-refractivity contribution in [3.8, 4) is 0 Å². The maximum absolute atomic E-state index is 12.9. The van der Waals surface area contributed by atoms with E-state index in [-0.39, 0.29) is 37.5 Å². The fourth-order valence-electron chi connectivity index (χ4n) is 8.67. The van der Waals surface area contributed by atoms with E-state index in [1.54, 1.807) is 0 Å². The first-order valence-corrected chi connectivity index (χ1v) is 33.0. The van der Waals surface area contributed by atoms with Crippen molar-refractivity contribution in [2.75, 3.05) is 13.2 Å². The number of unbranched alkanes of at least 4 members (excludes halogenated alkanes) is 21. The number of carbonyl (C=O) groups excluding carboxylic acids is 3. The van der Waals surface area contributed by atoms with Crippen molar-refractivity contribution in [2.45, 2.75) is 284 Å². The molecule has 0 fully saturated rings. The van der Waals surface area contributed by atoms with Gasteiger partial charge in [-0.15, -0.1) is 0 Å². The van der Waals surface area contributed by atoms with Gasteiger partial charge in [0, 0.05) is 19.3 Å². The molecule has 0 aromatic rings. The van der Waals surface area contributed by atoms with Gasteiger partial charge in [-0.1, -0.05) is 294 Å². The van der Waals surface area contributed by atoms with Crippen molar-refractivity contribution in [3.63, 3.8) is 0 Å². The van der Waals surface area contributed by atoms with Crippen molar-refractivity contribution >= 4 is 17.9 Å². The van der Waals surface area contributed by atoms with Crippen LogP contribution in [-0.2, 0) is 28.6 Å². The Morgan fingerprint density at radius 1 is 0.259 bits per heavy atom. The smallest absolute Gasteiger partial charge is 0.306 e. The maximum Gasteiger partial charge on any atom is 0.306 e. The number of hydrogen-bond acceptors (Lipinski definition) is 6. The molecular weight excluding hydrogens is 997 g/mol. The highest BCUT2D eigenvalue weighted by atomic mass is 16.6. The second-order valence-corrected chi connectivity index (χ2v) is 21.3. The van der Waals surface area contributed by atoms with E-state index in [1.807, 2.05) is 0 Å². The molecule has 0 aromatic heterocycles. The molecule has 0 aromatic carbocycles. The van der Waals surface area contributed by atoms with Crippen LogP contribution in [0, 0.1) is 0 Å². The molecule has 1 atom stereocenters. The molecule has 81 heavy (non-hydrogen) atoms. The highest BCUT2D eigenvalue weighted by Gasteiger charge is 2.19. The molecular formula is C75H120O6. The molecule has 1 unspecified atom stereocenters. The van der Waals surface area contributed by atoms with Gasteiger partial charge in [-0.05, 0) is 122 Å². The molecule has 6 nitrogen and oxygen atoms in total. The standard InChI is InChI=1S/C75H120O6/c1-4-7-10-13-16-19-22-25-27-29-31-33-34-35-36-37-38-39-40-42-43-45-47-50-53-56-59-62-65-68-74(77)80-71-72(70-79-73(76)67-64-61-58-55-52-49-24-21-18-15-12-9-6-3)81-75(78)69-66-63-60-57-54-51-48-46-44-41-32-30-28-26-23-20-17-14-11-8-5-2/h7-8,10-11,16-17,19-20,25-28,31-33,35-36,38-39,41-43,47,50,56,59,72H,4-6,9,12-15,18,21-24,29-30,34,37,40,44-46,48-49,51-55,57-58,60-71H2,1-3H3/b10-7-,11-8-,19-16-,20-17-,27-25-,28-26-,33-31-,36-35-,39-38-,41-32-,43-42-,50-47-,59-56-. The van der Waals surface area contributed by atoms with Gasteiger partial charge in [0.25, 0.3) is 0 Å². The van der Waals surface area contributed by atoms with Crippen LogP contribution in [0.15, 0.2) is 158 Å². The third-order valence-corrected chi connectivity index (χ3v) is 13.5. The zero-order chi connectivity index (χ0) is 58.5. The minimum absolute atomic E-state index is 0.103. The van der Waals surface area contributed by atoms with Gasteiger partial charge in [-0.2, -0.15) is 0 Å². The molecule has 0 saturated heterocycles. The Bertz CT molecular complexity index is 1810. The third kappa shape index (κ3) is 65.7. The van der Waals surface area contributed by atoms with E-state index in [9.17, 15) is 14.4 Å². The largest absolute Gasteiger partial charge is 0.462 e. The number of ether oxygens (including phenoxy) is 3. The lowest BCUT2D eigenvalue weighted by Gasteiger charge is -2.18. The van der Waals surface area contributed by atoms with Gasteiger partial charge in [-0.25, -0.2) is 0 Å². The fraction of sp³-hybridized carbons (Fsp3) is 0.613. The summed E-state index contributed by atoms with van der Waals surface area (Å²) in [6.07, 6.45) is 98.2. The topological polar surface area (TPSA) is 78.9 Å². The summed E-state index contributed by atoms with van der Waals surface area (Å²) < 4.78 is 16.9. The van der Waals surface area contributed by atoms with Crippen LogP contribution in [0.1, 0.15) is 278 Å². The summed E-state index contributed by atoms with van der Waals surface area (Å²) in [5, 5.41) is 0. The van der Waals surface area contributed by atoms with E-state index in [2.05, 4.69) is 179 Å². The Morgan fingerprint density at radius 2 is 0.494 bits per heavy atom. The summed E-state index contributed by atoms with van der Waals surface area (Å²) in [5.74, 6) is -0.973. The van der Waals surface area contributed by atoms with Gasteiger partial charge < -0.3 is 14.2 Å². The monoisotopic (exact) mass is 1120 g/mol. The van der Waals surface area contributed by atoms with Crippen LogP contribution < -0.4 is 0 Å². The van der Waals surface area contributed by atoms with Gasteiger partial charge in [0.05, 0.1) is 0 Å². The highest BCUT2D eigenvalue weighted by Crippen LogP contribution is 2.15. The molecule has 0 bridgehead atoms. The van der Waals surface area contributed by atoms with E-state index in [0.717, 1.165) is 135 Å². The summed E-state index contributed by atoms with van der Waals surface area (Å²) in [7, 11) is 0. The Balaban J connectivity index is 4.46. The second kappa shape index (κ2) is 67.5. The van der Waals surface area contributed by atoms with Crippen LogP contribution >= 0.6 is 0 Å². The lowest BCUT2D eigenvalue weighted by molar-refractivity contribution is -0.167. The Hall–Kier alpha value is -4.97. The highest BCUT2D eigenvalue weighted by molar-refractivity contribution is 5.71. The maximum atomic E-state index is 12.9. The van der Waals surface area contributed by atoms with E-state index in [0.29, 0.717) is 19.3 Å². The molecule has 0 amide bonds. The molecule has 0 spiro atoms. The van der Waals surface area contributed by atoms with E-state index in [4.69, 9.17) is 14.2 Å². The number of rotatable bonds is 58. The molecule has 456 valence electrons. The van der Waals surface area contributed by atoms with Gasteiger partial charge in [0.2, 0.25) is 0 Å². The van der Waals surface area contributed by atoms with Gasteiger partial charge >= 0.3 is 17.9 Å². The van der Waals surface area contributed by atoms with E-state index >= 15 is 0 Å². The number of carbonyl (C=O) groups is 3. The van der Waals surface area contributed by atoms with Gasteiger partial charge in [0.1, 0.15) is 13.2 Å². The predicted octanol–water partition coefficient (Wildman–Crippen LogP) is 22.9. The van der Waals surface area contributed by atoms with Crippen LogP contribution in [-0.4, -0.2) is 37.2 Å². The number of esters is 3. The first-order chi connectivity index (χ1) is 40.0. The quantitative estimate of drug-likeness (QED) is 0.0261. The Kier molecular flexibility index (Phi) is 63.4. The summed E-state index contributed by atoms with van der Waals surface area (Å²) in [6, 6.07) is 0.